The van der Waals surface area contributed by atoms with E-state index in [1.807, 2.05) is 20.8 Å². The lowest BCUT2D eigenvalue weighted by molar-refractivity contribution is -0.117. The van der Waals surface area contributed by atoms with Gasteiger partial charge in [-0.1, -0.05) is 20.8 Å². The summed E-state index contributed by atoms with van der Waals surface area (Å²) in [6.45, 7) is 9.26. The zero-order valence-electron chi connectivity index (χ0n) is 14.4. The van der Waals surface area contributed by atoms with Crippen molar-refractivity contribution in [2.24, 2.45) is 5.41 Å². The number of hydrogen-bond donors (Lipinski definition) is 1. The molecule has 1 aromatic heterocycles. The molecular weight excluding hydrogens is 314 g/mol. The number of hydrogen-bond acceptors (Lipinski definition) is 3. The highest BCUT2D eigenvalue weighted by molar-refractivity contribution is 5.92. The lowest BCUT2D eigenvalue weighted by Gasteiger charge is -2.18. The topological polar surface area (TPSA) is 70.7 Å². The van der Waals surface area contributed by atoms with E-state index in [4.69, 9.17) is 5.26 Å². The third kappa shape index (κ3) is 3.37. The fourth-order valence-electron chi connectivity index (χ4n) is 2.52. The summed E-state index contributed by atoms with van der Waals surface area (Å²) in [5.41, 5.74) is -0.947. The highest BCUT2D eigenvalue weighted by Crippen LogP contribution is 2.30. The molecule has 2 aromatic rings. The van der Waals surface area contributed by atoms with E-state index in [0.29, 0.717) is 0 Å². The number of aromatic nitrogens is 2. The van der Waals surface area contributed by atoms with Gasteiger partial charge in [0.2, 0.25) is 11.9 Å². The quantitative estimate of drug-likeness (QED) is 0.917. The van der Waals surface area contributed by atoms with Gasteiger partial charge in [0.25, 0.3) is 0 Å². The van der Waals surface area contributed by atoms with Crippen molar-refractivity contribution in [3.05, 3.63) is 23.3 Å². The summed E-state index contributed by atoms with van der Waals surface area (Å²) >= 11 is 0. The Hall–Kier alpha value is -2.49. The number of benzene rings is 1. The van der Waals surface area contributed by atoms with Gasteiger partial charge in [0.05, 0.1) is 5.56 Å². The van der Waals surface area contributed by atoms with E-state index in [0.717, 1.165) is 6.07 Å². The third-order valence-electron chi connectivity index (χ3n) is 3.43. The summed E-state index contributed by atoms with van der Waals surface area (Å²) in [4.78, 5) is 16.2. The first-order valence-electron chi connectivity index (χ1n) is 7.65. The third-order valence-corrected chi connectivity index (χ3v) is 3.43. The van der Waals surface area contributed by atoms with Crippen LogP contribution in [0.1, 0.15) is 52.6 Å². The van der Waals surface area contributed by atoms with E-state index >= 15 is 0 Å². The summed E-state index contributed by atoms with van der Waals surface area (Å²) in [6, 6.07) is 2.16. The number of carbonyl (C=O) groups excluding carboxylic acids is 1. The molecule has 0 saturated heterocycles. The van der Waals surface area contributed by atoms with E-state index in [-0.39, 0.29) is 40.8 Å². The average molecular weight is 334 g/mol. The molecule has 0 atom stereocenters. The zero-order chi connectivity index (χ0) is 18.2. The van der Waals surface area contributed by atoms with Crippen LogP contribution >= 0.6 is 0 Å². The van der Waals surface area contributed by atoms with Gasteiger partial charge in [-0.3, -0.25) is 10.1 Å². The van der Waals surface area contributed by atoms with E-state index in [1.54, 1.807) is 19.9 Å². The summed E-state index contributed by atoms with van der Waals surface area (Å²) in [6.07, 6.45) is 0.239. The standard InChI is InChI=1S/C17H20F2N4O/c1-9(2)23-15-13(19)10(8-20)6-11(18)14(15)22-16(23)21-12(24)7-17(3,4)5/h6,9H,7H2,1-5H3,(H,21,22,24). The minimum Gasteiger partial charge on any atom is -0.305 e. The number of amides is 1. The molecule has 1 amide bonds. The molecular formula is C17H20F2N4O. The number of nitriles is 1. The first-order valence-corrected chi connectivity index (χ1v) is 7.65. The number of carbonyl (C=O) groups is 1. The van der Waals surface area contributed by atoms with Crippen molar-refractivity contribution in [1.82, 2.24) is 9.55 Å². The van der Waals surface area contributed by atoms with Crippen molar-refractivity contribution in [1.29, 1.82) is 5.26 Å². The van der Waals surface area contributed by atoms with Crippen LogP contribution in [0.25, 0.3) is 11.0 Å². The monoisotopic (exact) mass is 334 g/mol. The van der Waals surface area contributed by atoms with Gasteiger partial charge in [-0.05, 0) is 25.3 Å². The minimum absolute atomic E-state index is 0.0714. The van der Waals surface area contributed by atoms with Gasteiger partial charge in [-0.15, -0.1) is 0 Å². The zero-order valence-corrected chi connectivity index (χ0v) is 14.4. The van der Waals surface area contributed by atoms with Crippen molar-refractivity contribution in [2.45, 2.75) is 47.1 Å². The second kappa shape index (κ2) is 6.19. The minimum atomic E-state index is -0.841. The van der Waals surface area contributed by atoms with E-state index in [9.17, 15) is 13.6 Å². The van der Waals surface area contributed by atoms with Gasteiger partial charge in [0, 0.05) is 12.5 Å². The van der Waals surface area contributed by atoms with Crippen LogP contribution < -0.4 is 5.32 Å². The highest BCUT2D eigenvalue weighted by Gasteiger charge is 2.24. The lowest BCUT2D eigenvalue weighted by atomic mass is 9.92. The second-order valence-corrected chi connectivity index (χ2v) is 7.21. The molecule has 0 aliphatic carbocycles. The second-order valence-electron chi connectivity index (χ2n) is 7.21. The number of fused-ring (bicyclic) bond motifs is 1. The van der Waals surface area contributed by atoms with Crippen molar-refractivity contribution in [2.75, 3.05) is 5.32 Å². The van der Waals surface area contributed by atoms with Gasteiger partial charge in [0.15, 0.2) is 11.6 Å². The molecule has 0 aliphatic heterocycles. The molecule has 7 heteroatoms. The predicted molar refractivity (Wildman–Crippen MR) is 87.5 cm³/mol. The Labute approximate surface area is 139 Å². The van der Waals surface area contributed by atoms with Gasteiger partial charge in [0.1, 0.15) is 17.1 Å². The lowest BCUT2D eigenvalue weighted by Crippen LogP contribution is -2.22. The molecule has 0 aliphatic rings. The Balaban J connectivity index is 2.62. The number of anilines is 1. The van der Waals surface area contributed by atoms with Crippen LogP contribution in [0.2, 0.25) is 0 Å². The van der Waals surface area contributed by atoms with Crippen LogP contribution in [0, 0.1) is 28.4 Å². The molecule has 0 spiro atoms. The molecule has 5 nitrogen and oxygen atoms in total. The van der Waals surface area contributed by atoms with Gasteiger partial charge in [-0.2, -0.15) is 5.26 Å². The van der Waals surface area contributed by atoms with Crippen molar-refractivity contribution >= 4 is 22.9 Å². The average Bonchev–Trinajstić information content (AvgIpc) is 2.80. The molecule has 128 valence electrons. The summed E-state index contributed by atoms with van der Waals surface area (Å²) in [5, 5.41) is 11.6. The normalized spacial score (nSPS) is 11.8. The molecule has 1 aromatic carbocycles. The molecule has 0 unspecified atom stereocenters. The van der Waals surface area contributed by atoms with Crippen LogP contribution in [-0.2, 0) is 4.79 Å². The van der Waals surface area contributed by atoms with Gasteiger partial charge >= 0.3 is 0 Å². The van der Waals surface area contributed by atoms with Gasteiger partial charge < -0.3 is 4.57 Å². The number of rotatable bonds is 3. The van der Waals surface area contributed by atoms with E-state index in [1.165, 1.54) is 4.57 Å². The van der Waals surface area contributed by atoms with E-state index in [2.05, 4.69) is 10.3 Å². The molecule has 2 rings (SSSR count). The first kappa shape index (κ1) is 17.9. The molecule has 1 heterocycles. The predicted octanol–water partition coefficient (Wildman–Crippen LogP) is 4.14. The number of halogens is 2. The van der Waals surface area contributed by atoms with Crippen LogP contribution in [0.15, 0.2) is 6.07 Å². The smallest absolute Gasteiger partial charge is 0.227 e. The molecule has 0 bridgehead atoms. The molecule has 1 N–H and O–H groups in total. The van der Waals surface area contributed by atoms with Gasteiger partial charge in [-0.25, -0.2) is 13.8 Å². The van der Waals surface area contributed by atoms with Crippen molar-refractivity contribution in [3.63, 3.8) is 0 Å². The summed E-state index contributed by atoms with van der Waals surface area (Å²) in [5.74, 6) is -1.86. The maximum Gasteiger partial charge on any atom is 0.227 e. The maximum absolute atomic E-state index is 14.5. The van der Waals surface area contributed by atoms with Crippen molar-refractivity contribution in [3.8, 4) is 6.07 Å². The van der Waals surface area contributed by atoms with Crippen molar-refractivity contribution < 1.29 is 13.6 Å². The van der Waals surface area contributed by atoms with Crippen LogP contribution in [0.5, 0.6) is 0 Å². The molecule has 0 fully saturated rings. The largest absolute Gasteiger partial charge is 0.305 e. The summed E-state index contributed by atoms with van der Waals surface area (Å²) < 4.78 is 30.1. The Morgan fingerprint density at radius 1 is 1.42 bits per heavy atom. The molecule has 24 heavy (non-hydrogen) atoms. The van der Waals surface area contributed by atoms with Crippen LogP contribution in [0.3, 0.4) is 0 Å². The Morgan fingerprint density at radius 2 is 2.04 bits per heavy atom. The molecule has 0 saturated carbocycles. The highest BCUT2D eigenvalue weighted by atomic mass is 19.1. The fourth-order valence-corrected chi connectivity index (χ4v) is 2.52. The Bertz CT molecular complexity index is 841. The van der Waals surface area contributed by atoms with Crippen LogP contribution in [0.4, 0.5) is 14.7 Å². The Kier molecular flexibility index (Phi) is 4.61. The van der Waals surface area contributed by atoms with E-state index < -0.39 is 17.2 Å². The first-order chi connectivity index (χ1) is 11.0. The fraction of sp³-hybridized carbons (Fsp3) is 0.471. The maximum atomic E-state index is 14.5. The number of imidazole rings is 1. The van der Waals surface area contributed by atoms with Crippen LogP contribution in [-0.4, -0.2) is 15.5 Å². The number of nitrogens with one attached hydrogen (secondary N) is 1. The Morgan fingerprint density at radius 3 is 2.54 bits per heavy atom. The SMILES string of the molecule is CC(C)n1c(NC(=O)CC(C)(C)C)nc2c(F)cc(C#N)c(F)c21. The number of nitrogens with zero attached hydrogens (tertiary/aromatic N) is 3. The molecule has 0 radical (unpaired) electrons. The summed E-state index contributed by atoms with van der Waals surface area (Å²) in [7, 11) is 0.